The molecule has 24 heavy (non-hydrogen) atoms. The molecule has 126 valence electrons. The molecule has 1 aliphatic heterocycles. The van der Waals surface area contributed by atoms with E-state index in [1.54, 1.807) is 18.1 Å². The van der Waals surface area contributed by atoms with E-state index in [2.05, 4.69) is 5.32 Å². The van der Waals surface area contributed by atoms with Crippen LogP contribution in [0.25, 0.3) is 0 Å². The largest absolute Gasteiger partial charge is 0.495 e. The zero-order chi connectivity index (χ0) is 17.1. The lowest BCUT2D eigenvalue weighted by atomic mass is 10.1. The number of hydrogen-bond donors (Lipinski definition) is 1. The third kappa shape index (κ3) is 3.28. The van der Waals surface area contributed by atoms with Crippen molar-refractivity contribution in [1.29, 1.82) is 0 Å². The minimum absolute atomic E-state index is 0.0786. The molecule has 2 heterocycles. The van der Waals surface area contributed by atoms with Crippen LogP contribution in [-0.2, 0) is 4.79 Å². The van der Waals surface area contributed by atoms with Crippen LogP contribution in [0.3, 0.4) is 0 Å². The first-order valence-corrected chi connectivity index (χ1v) is 8.83. The van der Waals surface area contributed by atoms with Crippen molar-refractivity contribution in [1.82, 2.24) is 4.90 Å². The molecule has 5 nitrogen and oxygen atoms in total. The van der Waals surface area contributed by atoms with Gasteiger partial charge in [0.25, 0.3) is 5.91 Å². The molecule has 0 bridgehead atoms. The number of methoxy groups -OCH3 is 1. The summed E-state index contributed by atoms with van der Waals surface area (Å²) in [5, 5.41) is 6.61. The van der Waals surface area contributed by atoms with Crippen molar-refractivity contribution in [3.63, 3.8) is 0 Å². The normalized spacial score (nSPS) is 16.9. The van der Waals surface area contributed by atoms with E-state index in [1.807, 2.05) is 35.9 Å². The number of ether oxygens (including phenoxy) is 1. The molecule has 1 saturated heterocycles. The molecule has 2 aromatic rings. The molecule has 1 N–H and O–H groups in total. The van der Waals surface area contributed by atoms with Gasteiger partial charge in [-0.15, -0.1) is 0 Å². The minimum Gasteiger partial charge on any atom is -0.495 e. The highest BCUT2D eigenvalue weighted by Crippen LogP contribution is 2.27. The number of thiophene rings is 1. The first kappa shape index (κ1) is 16.5. The smallest absolute Gasteiger partial charge is 0.255 e. The lowest BCUT2D eigenvalue weighted by molar-refractivity contribution is -0.119. The van der Waals surface area contributed by atoms with Gasteiger partial charge in [0.15, 0.2) is 0 Å². The summed E-state index contributed by atoms with van der Waals surface area (Å²) < 4.78 is 5.30. The van der Waals surface area contributed by atoms with Gasteiger partial charge in [0.05, 0.1) is 18.4 Å². The van der Waals surface area contributed by atoms with Crippen molar-refractivity contribution >= 4 is 28.8 Å². The number of hydrogen-bond acceptors (Lipinski definition) is 4. The van der Waals surface area contributed by atoms with Crippen LogP contribution in [0.5, 0.6) is 5.75 Å². The predicted octanol–water partition coefficient (Wildman–Crippen LogP) is 3.31. The van der Waals surface area contributed by atoms with Crippen LogP contribution in [0, 0.1) is 6.92 Å². The maximum atomic E-state index is 12.7. The van der Waals surface area contributed by atoms with Gasteiger partial charge in [-0.3, -0.25) is 9.59 Å². The van der Waals surface area contributed by atoms with Crippen LogP contribution in [0.2, 0.25) is 0 Å². The molecule has 0 saturated carbocycles. The highest BCUT2D eigenvalue weighted by atomic mass is 32.1. The molecule has 0 spiro atoms. The highest BCUT2D eigenvalue weighted by Gasteiger charge is 2.34. The Labute approximate surface area is 145 Å². The monoisotopic (exact) mass is 344 g/mol. The van der Waals surface area contributed by atoms with Gasteiger partial charge in [0, 0.05) is 11.9 Å². The van der Waals surface area contributed by atoms with E-state index < -0.39 is 6.04 Å². The van der Waals surface area contributed by atoms with Gasteiger partial charge < -0.3 is 15.0 Å². The summed E-state index contributed by atoms with van der Waals surface area (Å²) in [6.45, 7) is 2.56. The van der Waals surface area contributed by atoms with Crippen molar-refractivity contribution in [3.8, 4) is 5.75 Å². The van der Waals surface area contributed by atoms with Gasteiger partial charge in [-0.25, -0.2) is 0 Å². The number of likely N-dealkylation sites (tertiary alicyclic amines) is 1. The van der Waals surface area contributed by atoms with Crippen molar-refractivity contribution in [2.45, 2.75) is 25.8 Å². The first-order chi connectivity index (χ1) is 11.6. The number of benzene rings is 1. The predicted molar refractivity (Wildman–Crippen MR) is 94.7 cm³/mol. The van der Waals surface area contributed by atoms with E-state index in [4.69, 9.17) is 4.74 Å². The van der Waals surface area contributed by atoms with Gasteiger partial charge in [-0.05, 0) is 48.9 Å². The average molecular weight is 344 g/mol. The maximum Gasteiger partial charge on any atom is 0.255 e. The van der Waals surface area contributed by atoms with E-state index in [9.17, 15) is 9.59 Å². The number of nitrogens with one attached hydrogen (secondary N) is 1. The van der Waals surface area contributed by atoms with Gasteiger partial charge >= 0.3 is 0 Å². The summed E-state index contributed by atoms with van der Waals surface area (Å²) in [5.74, 6) is 0.368. The van der Waals surface area contributed by atoms with E-state index in [0.29, 0.717) is 30.0 Å². The maximum absolute atomic E-state index is 12.7. The molecule has 1 aliphatic rings. The SMILES string of the molecule is COc1ccc(C)cc1NC(=O)[C@@H]1CCCN1C(=O)c1ccsc1. The van der Waals surface area contributed by atoms with E-state index >= 15 is 0 Å². The fourth-order valence-electron chi connectivity index (χ4n) is 2.97. The third-order valence-corrected chi connectivity index (χ3v) is 4.88. The van der Waals surface area contributed by atoms with Crippen molar-refractivity contribution in [2.24, 2.45) is 0 Å². The fourth-order valence-corrected chi connectivity index (χ4v) is 3.60. The van der Waals surface area contributed by atoms with E-state index in [1.165, 1.54) is 11.3 Å². The van der Waals surface area contributed by atoms with E-state index in [0.717, 1.165) is 12.0 Å². The zero-order valence-electron chi connectivity index (χ0n) is 13.7. The number of carbonyl (C=O) groups excluding carboxylic acids is 2. The molecule has 1 aromatic carbocycles. The summed E-state index contributed by atoms with van der Waals surface area (Å²) in [7, 11) is 1.57. The summed E-state index contributed by atoms with van der Waals surface area (Å²) in [6, 6.07) is 6.98. The Bertz CT molecular complexity index is 743. The van der Waals surface area contributed by atoms with Gasteiger partial charge in [0.2, 0.25) is 5.91 Å². The zero-order valence-corrected chi connectivity index (χ0v) is 14.6. The Balaban J connectivity index is 1.77. The molecule has 1 aromatic heterocycles. The molecular weight excluding hydrogens is 324 g/mol. The number of carbonyl (C=O) groups is 2. The lowest BCUT2D eigenvalue weighted by Gasteiger charge is -2.24. The molecule has 3 rings (SSSR count). The van der Waals surface area contributed by atoms with Crippen molar-refractivity contribution in [3.05, 3.63) is 46.2 Å². The Hall–Kier alpha value is -2.34. The average Bonchev–Trinajstić information content (AvgIpc) is 3.26. The summed E-state index contributed by atoms with van der Waals surface area (Å²) in [6.07, 6.45) is 1.51. The van der Waals surface area contributed by atoms with Crippen LogP contribution >= 0.6 is 11.3 Å². The Morgan fingerprint density at radius 1 is 1.33 bits per heavy atom. The van der Waals surface area contributed by atoms with Crippen LogP contribution in [0.15, 0.2) is 35.0 Å². The summed E-state index contributed by atoms with van der Waals surface area (Å²) >= 11 is 1.48. The number of amides is 2. The highest BCUT2D eigenvalue weighted by molar-refractivity contribution is 7.08. The van der Waals surface area contributed by atoms with E-state index in [-0.39, 0.29) is 11.8 Å². The lowest BCUT2D eigenvalue weighted by Crippen LogP contribution is -2.43. The van der Waals surface area contributed by atoms with Crippen LogP contribution in [0.4, 0.5) is 5.69 Å². The second kappa shape index (κ2) is 7.05. The second-order valence-electron chi connectivity index (χ2n) is 5.86. The third-order valence-electron chi connectivity index (χ3n) is 4.20. The molecule has 2 amide bonds. The van der Waals surface area contributed by atoms with Gasteiger partial charge in [-0.1, -0.05) is 6.07 Å². The van der Waals surface area contributed by atoms with Crippen molar-refractivity contribution in [2.75, 3.05) is 19.0 Å². The minimum atomic E-state index is -0.442. The molecule has 0 radical (unpaired) electrons. The van der Waals surface area contributed by atoms with Crippen molar-refractivity contribution < 1.29 is 14.3 Å². The number of rotatable bonds is 4. The Morgan fingerprint density at radius 2 is 2.17 bits per heavy atom. The molecule has 1 fully saturated rings. The molecule has 0 unspecified atom stereocenters. The van der Waals surface area contributed by atoms with Crippen LogP contribution in [-0.4, -0.2) is 36.4 Å². The molecular formula is C18H20N2O3S. The number of anilines is 1. The molecule has 0 aliphatic carbocycles. The van der Waals surface area contributed by atoms with Crippen LogP contribution in [0.1, 0.15) is 28.8 Å². The first-order valence-electron chi connectivity index (χ1n) is 7.89. The number of aryl methyl sites for hydroxylation is 1. The second-order valence-corrected chi connectivity index (χ2v) is 6.64. The standard InChI is InChI=1S/C18H20N2O3S/c1-12-5-6-16(23-2)14(10-12)19-17(21)15-4-3-8-20(15)18(22)13-7-9-24-11-13/h5-7,9-11,15H,3-4,8H2,1-2H3,(H,19,21)/t15-/m0/s1. The molecule has 6 heteroatoms. The summed E-state index contributed by atoms with van der Waals surface area (Å²) in [4.78, 5) is 27.0. The number of nitrogens with zero attached hydrogens (tertiary/aromatic N) is 1. The molecule has 1 atom stereocenters. The Morgan fingerprint density at radius 3 is 2.88 bits per heavy atom. The fraction of sp³-hybridized carbons (Fsp3) is 0.333. The topological polar surface area (TPSA) is 58.6 Å². The Kier molecular flexibility index (Phi) is 4.85. The summed E-state index contributed by atoms with van der Waals surface area (Å²) in [5.41, 5.74) is 2.31. The van der Waals surface area contributed by atoms with Gasteiger partial charge in [-0.2, -0.15) is 11.3 Å². The quantitative estimate of drug-likeness (QED) is 0.926. The van der Waals surface area contributed by atoms with Gasteiger partial charge in [0.1, 0.15) is 11.8 Å². The van der Waals surface area contributed by atoms with Crippen LogP contribution < -0.4 is 10.1 Å².